The van der Waals surface area contributed by atoms with Crippen LogP contribution in [0.3, 0.4) is 0 Å². The Kier molecular flexibility index (Phi) is 8.92. The lowest BCUT2D eigenvalue weighted by atomic mass is 9.96. The first-order chi connectivity index (χ1) is 33.3. The molecule has 2 aliphatic heterocycles. The van der Waals surface area contributed by atoms with Crippen LogP contribution in [0.5, 0.6) is 0 Å². The zero-order chi connectivity index (χ0) is 45.6. The minimum absolute atomic E-state index is 0.558. The lowest BCUT2D eigenvalue weighted by molar-refractivity contribution is 1.19. The molecule has 0 unspecified atom stereocenters. The van der Waals surface area contributed by atoms with Gasteiger partial charge in [-0.25, -0.2) is 29.9 Å². The molecule has 2 N–H and O–H groups in total. The van der Waals surface area contributed by atoms with Gasteiger partial charge in [-0.3, -0.25) is 0 Å². The van der Waals surface area contributed by atoms with Gasteiger partial charge in [0.2, 0.25) is 0 Å². The first kappa shape index (κ1) is 39.5. The first-order valence-electron chi connectivity index (χ1n) is 22.9. The molecule has 8 aromatic carbocycles. The van der Waals surface area contributed by atoms with E-state index in [0.717, 1.165) is 88.3 Å². The van der Waals surface area contributed by atoms with Crippen molar-refractivity contribution in [2.45, 2.75) is 27.7 Å². The van der Waals surface area contributed by atoms with Crippen molar-refractivity contribution in [2.75, 3.05) is 0 Å². The Morgan fingerprint density at radius 3 is 0.897 bits per heavy atom. The molecule has 5 heterocycles. The Bertz CT molecular complexity index is 3840. The van der Waals surface area contributed by atoms with Crippen LogP contribution in [-0.4, -0.2) is 39.9 Å². The number of H-pyrrole nitrogens is 2. The van der Waals surface area contributed by atoms with Crippen molar-refractivity contribution in [3.63, 3.8) is 0 Å². The van der Waals surface area contributed by atoms with Gasteiger partial charge in [-0.2, -0.15) is 0 Å². The minimum atomic E-state index is 0.558. The fraction of sp³-hybridized carbons (Fsp3) is 0.0667. The molecule has 13 rings (SSSR count). The second-order valence-corrected chi connectivity index (χ2v) is 17.9. The van der Waals surface area contributed by atoms with Crippen LogP contribution in [-0.2, 0) is 0 Å². The zero-order valence-electron chi connectivity index (χ0n) is 37.8. The smallest absolute Gasteiger partial charge is 0.164 e. The van der Waals surface area contributed by atoms with Crippen molar-refractivity contribution in [1.82, 2.24) is 39.9 Å². The Morgan fingerprint density at radius 1 is 0.250 bits per heavy atom. The number of nitrogens with zero attached hydrogens (tertiary/aromatic N) is 6. The van der Waals surface area contributed by atoms with Crippen molar-refractivity contribution >= 4 is 44.1 Å². The average Bonchev–Trinajstić information content (AvgIpc) is 4.09. The van der Waals surface area contributed by atoms with Crippen molar-refractivity contribution < 1.29 is 0 Å². The third-order valence-electron chi connectivity index (χ3n) is 13.7. The van der Waals surface area contributed by atoms with E-state index in [-0.39, 0.29) is 0 Å². The molecule has 0 fully saturated rings. The van der Waals surface area contributed by atoms with Gasteiger partial charge in [0.1, 0.15) is 22.6 Å². The van der Waals surface area contributed by atoms with E-state index in [9.17, 15) is 0 Å². The highest BCUT2D eigenvalue weighted by atomic mass is 15.1. The molecule has 0 atom stereocenters. The van der Waals surface area contributed by atoms with E-state index in [4.69, 9.17) is 29.9 Å². The van der Waals surface area contributed by atoms with Crippen molar-refractivity contribution in [1.29, 1.82) is 0 Å². The third kappa shape index (κ3) is 6.44. The lowest BCUT2D eigenvalue weighted by Crippen LogP contribution is -1.87. The number of aryl methyl sites for hydroxylation is 4. The Balaban J connectivity index is 1.15. The van der Waals surface area contributed by atoms with E-state index < -0.39 is 0 Å². The van der Waals surface area contributed by atoms with E-state index in [1.54, 1.807) is 0 Å². The molecule has 0 saturated carbocycles. The number of hydrogen-bond acceptors (Lipinski definition) is 6. The number of hydrogen-bond donors (Lipinski definition) is 2. The van der Waals surface area contributed by atoms with Crippen LogP contribution in [0.2, 0.25) is 0 Å². The normalized spacial score (nSPS) is 11.8. The highest BCUT2D eigenvalue weighted by molar-refractivity contribution is 6.08. The summed E-state index contributed by atoms with van der Waals surface area (Å²) in [4.78, 5) is 39.5. The van der Waals surface area contributed by atoms with E-state index in [2.05, 4.69) is 208 Å². The van der Waals surface area contributed by atoms with Crippen molar-refractivity contribution in [2.24, 2.45) is 0 Å². The van der Waals surface area contributed by atoms with Crippen LogP contribution in [0, 0.1) is 27.7 Å². The maximum atomic E-state index is 5.41. The van der Waals surface area contributed by atoms with Gasteiger partial charge in [0.15, 0.2) is 23.3 Å². The van der Waals surface area contributed by atoms with E-state index in [1.807, 2.05) is 0 Å². The summed E-state index contributed by atoms with van der Waals surface area (Å²) in [6, 6.07) is 59.8. The summed E-state index contributed by atoms with van der Waals surface area (Å²) in [6.45, 7) is 8.57. The van der Waals surface area contributed by atoms with Gasteiger partial charge < -0.3 is 9.97 Å². The van der Waals surface area contributed by atoms with Crippen LogP contribution < -0.4 is 0 Å². The number of benzene rings is 8. The summed E-state index contributed by atoms with van der Waals surface area (Å²) in [7, 11) is 0. The highest BCUT2D eigenvalue weighted by Gasteiger charge is 2.24. The second-order valence-electron chi connectivity index (χ2n) is 17.9. The Labute approximate surface area is 392 Å². The lowest BCUT2D eigenvalue weighted by Gasteiger charge is -2.08. The molecule has 0 aliphatic carbocycles. The fourth-order valence-corrected chi connectivity index (χ4v) is 10.1. The number of fused-ring (bicyclic) bond motifs is 20. The van der Waals surface area contributed by atoms with Gasteiger partial charge in [0.25, 0.3) is 0 Å². The van der Waals surface area contributed by atoms with Gasteiger partial charge in [-0.15, -0.1) is 0 Å². The van der Waals surface area contributed by atoms with E-state index >= 15 is 0 Å². The number of aromatic amines is 2. The molecule has 0 amide bonds. The molecule has 8 nitrogen and oxygen atoms in total. The SMILES string of the molecule is Cc1ccccc1-c1ccc2c(c1)-c1nc-2nc2[nH]c(nc3nc(nc4[nH]c(n1)c1ccc(-c5ccccc5C)cc41)-c1ccc(-c4ccccc4C)cc1-3)c1ccc(-c3ccccc3C)cc21. The van der Waals surface area contributed by atoms with Gasteiger partial charge in [-0.1, -0.05) is 121 Å². The van der Waals surface area contributed by atoms with Crippen molar-refractivity contribution in [3.05, 3.63) is 192 Å². The molecule has 0 radical (unpaired) electrons. The fourth-order valence-electron chi connectivity index (χ4n) is 10.1. The van der Waals surface area contributed by atoms with Crippen LogP contribution in [0.15, 0.2) is 170 Å². The number of nitrogens with one attached hydrogen (secondary N) is 2. The molecule has 3 aromatic heterocycles. The van der Waals surface area contributed by atoms with Crippen LogP contribution >= 0.6 is 0 Å². The van der Waals surface area contributed by atoms with Crippen LogP contribution in [0.25, 0.3) is 134 Å². The molecule has 8 bridgehead atoms. The minimum Gasteiger partial charge on any atom is -0.324 e. The molecule has 0 saturated heterocycles. The summed E-state index contributed by atoms with van der Waals surface area (Å²) in [6.07, 6.45) is 0. The highest BCUT2D eigenvalue weighted by Crippen LogP contribution is 2.42. The first-order valence-corrected chi connectivity index (χ1v) is 22.9. The van der Waals surface area contributed by atoms with Crippen LogP contribution in [0.1, 0.15) is 22.3 Å². The monoisotopic (exact) mass is 874 g/mol. The van der Waals surface area contributed by atoms with Gasteiger partial charge in [0, 0.05) is 43.8 Å². The number of aromatic nitrogens is 8. The molecular formula is C60H42N8. The Morgan fingerprint density at radius 2 is 0.544 bits per heavy atom. The molecule has 11 aromatic rings. The summed E-state index contributed by atoms with van der Waals surface area (Å²) in [5, 5.41) is 3.68. The van der Waals surface area contributed by atoms with Crippen molar-refractivity contribution in [3.8, 4) is 90.1 Å². The Hall–Kier alpha value is -8.88. The van der Waals surface area contributed by atoms with Gasteiger partial charge in [-0.05, 0) is 143 Å². The average molecular weight is 875 g/mol. The topological polar surface area (TPSA) is 109 Å². The molecule has 68 heavy (non-hydrogen) atoms. The summed E-state index contributed by atoms with van der Waals surface area (Å²) in [5.41, 5.74) is 19.9. The third-order valence-corrected chi connectivity index (χ3v) is 13.7. The largest absolute Gasteiger partial charge is 0.324 e. The van der Waals surface area contributed by atoms with Crippen LogP contribution in [0.4, 0.5) is 0 Å². The maximum Gasteiger partial charge on any atom is 0.164 e. The standard InChI is InChI=1S/C60H42N8/c1-33-13-5-9-17-41(33)37-21-25-45-49(29-37)57-61-53(45)66-58-51-31-39(43-19-11-7-15-35(43)3)23-27-47(51)55(63-58)68-60-52-32-40(44-20-12-8-16-36(44)4)24-28-48(52)56(64-60)67-59-50-30-38(42-18-10-6-14-34(42)2)22-26-46(50)54(62-59)65-57/h5-32H,1-4H3,(H2,61,62,63,64,65,66,67,68). The molecule has 0 spiro atoms. The van der Waals surface area contributed by atoms with E-state index in [1.165, 1.54) is 22.3 Å². The summed E-state index contributed by atoms with van der Waals surface area (Å²) < 4.78 is 0. The van der Waals surface area contributed by atoms with Gasteiger partial charge >= 0.3 is 0 Å². The molecule has 8 heteroatoms. The summed E-state index contributed by atoms with van der Waals surface area (Å²) in [5.74, 6) is 2.23. The molecular weight excluding hydrogens is 833 g/mol. The molecule has 2 aliphatic rings. The second kappa shape index (κ2) is 15.4. The number of rotatable bonds is 4. The maximum absolute atomic E-state index is 5.41. The van der Waals surface area contributed by atoms with E-state index in [0.29, 0.717) is 45.9 Å². The predicted octanol–water partition coefficient (Wildman–Crippen LogP) is 14.8. The predicted molar refractivity (Wildman–Crippen MR) is 277 cm³/mol. The van der Waals surface area contributed by atoms with Gasteiger partial charge in [0.05, 0.1) is 0 Å². The summed E-state index contributed by atoms with van der Waals surface area (Å²) >= 11 is 0. The quantitative estimate of drug-likeness (QED) is 0.182. The molecule has 322 valence electrons. The zero-order valence-corrected chi connectivity index (χ0v) is 37.8.